The molecule has 0 saturated carbocycles. The van der Waals surface area contributed by atoms with Crippen molar-refractivity contribution in [3.05, 3.63) is 58.0 Å². The molecule has 0 aliphatic carbocycles. The number of aromatic nitrogens is 2. The first-order chi connectivity index (χ1) is 14.6. The van der Waals surface area contributed by atoms with Gasteiger partial charge in [0, 0.05) is 12.5 Å². The molecule has 2 unspecified atom stereocenters. The van der Waals surface area contributed by atoms with E-state index in [1.54, 1.807) is 38.1 Å². The number of ketones is 1. The minimum atomic E-state index is -1.15. The smallest absolute Gasteiger partial charge is 0.300 e. The minimum Gasteiger partial charge on any atom is -0.481 e. The number of amides is 1. The molecule has 2 aromatic rings. The fourth-order valence-electron chi connectivity index (χ4n) is 2.49. The van der Waals surface area contributed by atoms with Crippen LogP contribution in [-0.2, 0) is 14.4 Å². The third-order valence-electron chi connectivity index (χ3n) is 4.01. The monoisotopic (exact) mass is 435 g/mol. The summed E-state index contributed by atoms with van der Waals surface area (Å²) in [4.78, 5) is 45.5. The van der Waals surface area contributed by atoms with Gasteiger partial charge < -0.3 is 10.4 Å². The number of rotatable bonds is 6. The van der Waals surface area contributed by atoms with Gasteiger partial charge in [0.1, 0.15) is 6.67 Å². The Morgan fingerprint density at radius 1 is 1.16 bits per heavy atom. The third kappa shape index (κ3) is 8.49. The number of nitrogens with one attached hydrogen (secondary N) is 1. The van der Waals surface area contributed by atoms with Gasteiger partial charge in [-0.25, -0.2) is 4.39 Å². The van der Waals surface area contributed by atoms with Crippen molar-refractivity contribution in [1.29, 1.82) is 0 Å². The number of halogens is 1. The average Bonchev–Trinajstić information content (AvgIpc) is 2.74. The van der Waals surface area contributed by atoms with Gasteiger partial charge >= 0.3 is 0 Å². The van der Waals surface area contributed by atoms with Crippen LogP contribution in [-0.4, -0.2) is 45.3 Å². The van der Waals surface area contributed by atoms with Crippen molar-refractivity contribution in [2.75, 3.05) is 6.67 Å². The van der Waals surface area contributed by atoms with E-state index in [-0.39, 0.29) is 5.56 Å². The summed E-state index contributed by atoms with van der Waals surface area (Å²) in [6, 6.07) is 7.91. The highest BCUT2D eigenvalue weighted by molar-refractivity contribution is 5.91. The van der Waals surface area contributed by atoms with Crippen LogP contribution in [0.15, 0.2) is 41.3 Å². The number of carboxylic acid groups (broad SMARTS) is 1. The molecule has 0 radical (unpaired) electrons. The van der Waals surface area contributed by atoms with Crippen LogP contribution in [0.1, 0.15) is 51.7 Å². The van der Waals surface area contributed by atoms with Crippen molar-refractivity contribution < 1.29 is 23.9 Å². The van der Waals surface area contributed by atoms with Crippen molar-refractivity contribution in [3.8, 4) is 5.69 Å². The van der Waals surface area contributed by atoms with Gasteiger partial charge in [-0.1, -0.05) is 32.0 Å². The molecule has 0 fully saturated rings. The van der Waals surface area contributed by atoms with Gasteiger partial charge in [0.15, 0.2) is 5.78 Å². The fraction of sp³-hybridized carbons (Fsp3) is 0.409. The van der Waals surface area contributed by atoms with E-state index in [9.17, 15) is 18.8 Å². The summed E-state index contributed by atoms with van der Waals surface area (Å²) in [5.74, 6) is -2.87. The second-order valence-electron chi connectivity index (χ2n) is 6.36. The van der Waals surface area contributed by atoms with Gasteiger partial charge in [-0.15, -0.1) is 0 Å². The molecule has 1 amide bonds. The Balaban J connectivity index is 0.00000134. The molecular formula is C22H30FN3O5. The Morgan fingerprint density at radius 2 is 1.68 bits per heavy atom. The lowest BCUT2D eigenvalue weighted by atomic mass is 9.97. The number of Topliss-reactive ketones (excluding diaryl/α,β-unsaturated/α-hetero) is 1. The SMILES string of the molecule is CC.CC(=O)O.Cc1cnn(-c2ccccc2)c(=O)c1C(C)C(=O)NC(C)C(=O)CF. The molecule has 31 heavy (non-hydrogen) atoms. The molecule has 170 valence electrons. The summed E-state index contributed by atoms with van der Waals surface area (Å²) in [7, 11) is 0. The molecule has 8 nitrogen and oxygen atoms in total. The van der Waals surface area contributed by atoms with E-state index < -0.39 is 41.9 Å². The number of carboxylic acids is 1. The van der Waals surface area contributed by atoms with Crippen LogP contribution < -0.4 is 10.9 Å². The van der Waals surface area contributed by atoms with Crippen molar-refractivity contribution in [2.45, 2.75) is 53.5 Å². The van der Waals surface area contributed by atoms with Crippen LogP contribution >= 0.6 is 0 Å². The van der Waals surface area contributed by atoms with Gasteiger partial charge in [-0.05, 0) is 38.5 Å². The number of hydrogen-bond donors (Lipinski definition) is 2. The Hall–Kier alpha value is -3.36. The number of benzene rings is 1. The van der Waals surface area contributed by atoms with Crippen LogP contribution in [0.4, 0.5) is 4.39 Å². The zero-order valence-corrected chi connectivity index (χ0v) is 18.7. The van der Waals surface area contributed by atoms with E-state index in [2.05, 4.69) is 10.4 Å². The fourth-order valence-corrected chi connectivity index (χ4v) is 2.49. The minimum absolute atomic E-state index is 0.288. The number of aryl methyl sites for hydroxylation is 1. The first kappa shape index (κ1) is 27.6. The van der Waals surface area contributed by atoms with Gasteiger partial charge in [-0.3, -0.25) is 19.2 Å². The first-order valence-corrected chi connectivity index (χ1v) is 9.83. The summed E-state index contributed by atoms with van der Waals surface area (Å²) in [5, 5.41) is 14.0. The van der Waals surface area contributed by atoms with Gasteiger partial charge in [0.05, 0.1) is 23.8 Å². The number of hydrogen-bond acceptors (Lipinski definition) is 5. The van der Waals surface area contributed by atoms with Gasteiger partial charge in [-0.2, -0.15) is 9.78 Å². The summed E-state index contributed by atoms with van der Waals surface area (Å²) in [6.45, 7) is 8.61. The lowest BCUT2D eigenvalue weighted by molar-refractivity contribution is -0.134. The Bertz CT molecular complexity index is 924. The Labute approximate surface area is 181 Å². The maximum absolute atomic E-state index is 12.8. The molecule has 1 aromatic carbocycles. The zero-order valence-electron chi connectivity index (χ0n) is 18.7. The number of carbonyl (C=O) groups excluding carboxylic acids is 2. The summed E-state index contributed by atoms with van der Waals surface area (Å²) in [6.07, 6.45) is 1.52. The van der Waals surface area contributed by atoms with Crippen molar-refractivity contribution in [3.63, 3.8) is 0 Å². The maximum Gasteiger partial charge on any atom is 0.300 e. The van der Waals surface area contributed by atoms with Gasteiger partial charge in [0.2, 0.25) is 5.91 Å². The second-order valence-corrected chi connectivity index (χ2v) is 6.36. The molecule has 2 rings (SSSR count). The van der Waals surface area contributed by atoms with E-state index in [1.807, 2.05) is 19.9 Å². The first-order valence-electron chi connectivity index (χ1n) is 9.83. The number of alkyl halides is 1. The van der Waals surface area contributed by atoms with E-state index in [0.29, 0.717) is 11.3 Å². The van der Waals surface area contributed by atoms with Crippen LogP contribution in [0.25, 0.3) is 5.69 Å². The van der Waals surface area contributed by atoms with Crippen molar-refractivity contribution in [2.24, 2.45) is 0 Å². The summed E-state index contributed by atoms with van der Waals surface area (Å²) >= 11 is 0. The lowest BCUT2D eigenvalue weighted by Gasteiger charge is -2.18. The van der Waals surface area contributed by atoms with E-state index in [4.69, 9.17) is 9.90 Å². The normalized spacial score (nSPS) is 11.6. The van der Waals surface area contributed by atoms with Crippen LogP contribution in [0.5, 0.6) is 0 Å². The summed E-state index contributed by atoms with van der Waals surface area (Å²) < 4.78 is 13.6. The molecule has 1 heterocycles. The molecule has 1 aromatic heterocycles. The number of para-hydroxylation sites is 1. The molecule has 9 heteroatoms. The number of nitrogens with zero attached hydrogens (tertiary/aromatic N) is 2. The van der Waals surface area contributed by atoms with E-state index in [0.717, 1.165) is 6.92 Å². The van der Waals surface area contributed by atoms with Crippen molar-refractivity contribution in [1.82, 2.24) is 15.1 Å². The topological polar surface area (TPSA) is 118 Å². The number of carbonyl (C=O) groups is 3. The maximum atomic E-state index is 12.8. The average molecular weight is 435 g/mol. The number of aliphatic carboxylic acids is 1. The van der Waals surface area contributed by atoms with E-state index >= 15 is 0 Å². The standard InChI is InChI=1S/C18H20FN3O3.C2H4O2.C2H6/c1-11-10-20-22(14-7-5-4-6-8-14)18(25)16(11)12(2)17(24)21-13(3)15(23)9-19;1-2(3)4;1-2/h4-8,10,12-13H,9H2,1-3H3,(H,21,24);1H3,(H,3,4);1-2H3. The molecule has 0 aliphatic rings. The van der Waals surface area contributed by atoms with Crippen LogP contribution in [0, 0.1) is 6.92 Å². The molecule has 0 bridgehead atoms. The molecule has 2 atom stereocenters. The molecule has 2 N–H and O–H groups in total. The second kappa shape index (κ2) is 13.8. The highest BCUT2D eigenvalue weighted by Gasteiger charge is 2.25. The molecule has 0 saturated heterocycles. The highest BCUT2D eigenvalue weighted by atomic mass is 19.1. The molecule has 0 spiro atoms. The predicted molar refractivity (Wildman–Crippen MR) is 116 cm³/mol. The van der Waals surface area contributed by atoms with Crippen molar-refractivity contribution >= 4 is 17.7 Å². The molecular weight excluding hydrogens is 405 g/mol. The largest absolute Gasteiger partial charge is 0.481 e. The third-order valence-corrected chi connectivity index (χ3v) is 4.01. The summed E-state index contributed by atoms with van der Waals surface area (Å²) in [5.41, 5.74) is 1.04. The Kier molecular flexibility index (Phi) is 12.3. The van der Waals surface area contributed by atoms with Gasteiger partial charge in [0.25, 0.3) is 11.5 Å². The van der Waals surface area contributed by atoms with Crippen LogP contribution in [0.3, 0.4) is 0 Å². The lowest BCUT2D eigenvalue weighted by Crippen LogP contribution is -2.42. The quantitative estimate of drug-likeness (QED) is 0.720. The molecule has 0 aliphatic heterocycles. The highest BCUT2D eigenvalue weighted by Crippen LogP contribution is 2.16. The zero-order chi connectivity index (χ0) is 24.1. The predicted octanol–water partition coefficient (Wildman–Crippen LogP) is 2.80. The Morgan fingerprint density at radius 3 is 2.16 bits per heavy atom. The van der Waals surface area contributed by atoms with E-state index in [1.165, 1.54) is 17.8 Å². The van der Waals surface area contributed by atoms with Crippen LogP contribution in [0.2, 0.25) is 0 Å².